The molecule has 1 saturated carbocycles. The van der Waals surface area contributed by atoms with Crippen molar-refractivity contribution in [1.82, 2.24) is 9.78 Å². The number of carbonyl (C=O) groups is 3. The van der Waals surface area contributed by atoms with Crippen LogP contribution in [0.15, 0.2) is 18.3 Å². The summed E-state index contributed by atoms with van der Waals surface area (Å²) in [5.74, 6) is -3.67. The predicted octanol–water partition coefficient (Wildman–Crippen LogP) is -0.0196. The minimum Gasteiger partial charge on any atom is -0.481 e. The number of allylic oxidation sites excluding steroid dienone is 2. The topological polar surface area (TPSA) is 127 Å². The number of aromatic nitrogens is 2. The lowest BCUT2D eigenvalue weighted by Crippen LogP contribution is -2.36. The van der Waals surface area contributed by atoms with Gasteiger partial charge in [0.15, 0.2) is 0 Å². The standard InChI is InChI=1S/C14H16N4O4/c1-18-11(12(15)19)8(5-16-18)17-13(20)9-6-2-3-7(4-6)10(9)14(21)22/h2-3,5-7,9-10H,4H2,1H3,(H2,15,19)(H,17,20)(H,21,22). The molecular formula is C14H16N4O4. The van der Waals surface area contributed by atoms with Crippen molar-refractivity contribution in [3.63, 3.8) is 0 Å². The lowest BCUT2D eigenvalue weighted by molar-refractivity contribution is -0.146. The molecule has 2 bridgehead atoms. The van der Waals surface area contributed by atoms with Crippen LogP contribution in [0.1, 0.15) is 16.9 Å². The van der Waals surface area contributed by atoms with E-state index >= 15 is 0 Å². The van der Waals surface area contributed by atoms with Crippen LogP contribution >= 0.6 is 0 Å². The maximum absolute atomic E-state index is 12.5. The molecule has 4 N–H and O–H groups in total. The summed E-state index contributed by atoms with van der Waals surface area (Å²) in [6, 6.07) is 0. The van der Waals surface area contributed by atoms with Crippen LogP contribution in [0.4, 0.5) is 5.69 Å². The molecule has 3 rings (SSSR count). The molecular weight excluding hydrogens is 288 g/mol. The van der Waals surface area contributed by atoms with Gasteiger partial charge in [0.1, 0.15) is 5.69 Å². The quantitative estimate of drug-likeness (QED) is 0.674. The second-order valence-electron chi connectivity index (χ2n) is 5.72. The van der Waals surface area contributed by atoms with E-state index in [9.17, 15) is 19.5 Å². The summed E-state index contributed by atoms with van der Waals surface area (Å²) in [5.41, 5.74) is 5.56. The lowest BCUT2D eigenvalue weighted by atomic mass is 9.82. The molecule has 4 unspecified atom stereocenters. The van der Waals surface area contributed by atoms with Crippen LogP contribution in [0, 0.1) is 23.7 Å². The Bertz CT molecular complexity index is 693. The molecule has 22 heavy (non-hydrogen) atoms. The van der Waals surface area contributed by atoms with Crippen molar-refractivity contribution in [3.8, 4) is 0 Å². The Morgan fingerprint density at radius 3 is 2.55 bits per heavy atom. The van der Waals surface area contributed by atoms with Crippen molar-refractivity contribution in [1.29, 1.82) is 0 Å². The summed E-state index contributed by atoms with van der Waals surface area (Å²) < 4.78 is 1.27. The number of aliphatic carboxylic acids is 1. The number of nitrogens with two attached hydrogens (primary N) is 1. The smallest absolute Gasteiger partial charge is 0.307 e. The normalized spacial score (nSPS) is 28.8. The summed E-state index contributed by atoms with van der Waals surface area (Å²) in [5, 5.41) is 15.9. The van der Waals surface area contributed by atoms with Gasteiger partial charge in [-0.3, -0.25) is 19.1 Å². The third kappa shape index (κ3) is 2.07. The van der Waals surface area contributed by atoms with E-state index in [2.05, 4.69) is 10.4 Å². The first kappa shape index (κ1) is 14.3. The van der Waals surface area contributed by atoms with E-state index in [0.29, 0.717) is 6.42 Å². The second-order valence-corrected chi connectivity index (χ2v) is 5.72. The Hall–Kier alpha value is -2.64. The molecule has 1 fully saturated rings. The highest BCUT2D eigenvalue weighted by molar-refractivity contribution is 6.03. The number of hydrogen-bond acceptors (Lipinski definition) is 4. The molecule has 8 heteroatoms. The summed E-state index contributed by atoms with van der Waals surface area (Å²) in [6.45, 7) is 0. The molecule has 1 aromatic heterocycles. The molecule has 0 saturated heterocycles. The predicted molar refractivity (Wildman–Crippen MR) is 75.7 cm³/mol. The van der Waals surface area contributed by atoms with Crippen LogP contribution < -0.4 is 11.1 Å². The van der Waals surface area contributed by atoms with Gasteiger partial charge in [-0.05, 0) is 18.3 Å². The third-order valence-electron chi connectivity index (χ3n) is 4.48. The molecule has 1 aromatic rings. The molecule has 0 radical (unpaired) electrons. The van der Waals surface area contributed by atoms with E-state index in [0.717, 1.165) is 0 Å². The molecule has 0 aromatic carbocycles. The SMILES string of the molecule is Cn1ncc(NC(=O)C2C3C=CC(C3)C2C(=O)O)c1C(N)=O. The number of carboxylic acids is 1. The van der Waals surface area contributed by atoms with Crippen molar-refractivity contribution >= 4 is 23.5 Å². The van der Waals surface area contributed by atoms with Gasteiger partial charge < -0.3 is 16.2 Å². The van der Waals surface area contributed by atoms with Crippen LogP contribution in [0.25, 0.3) is 0 Å². The minimum absolute atomic E-state index is 0.0823. The van der Waals surface area contributed by atoms with Crippen molar-refractivity contribution in [2.24, 2.45) is 36.5 Å². The van der Waals surface area contributed by atoms with E-state index in [1.807, 2.05) is 12.2 Å². The third-order valence-corrected chi connectivity index (χ3v) is 4.48. The Labute approximate surface area is 126 Å². The number of carbonyl (C=O) groups excluding carboxylic acids is 2. The molecule has 8 nitrogen and oxygen atoms in total. The maximum Gasteiger partial charge on any atom is 0.307 e. The fraction of sp³-hybridized carbons (Fsp3) is 0.429. The highest BCUT2D eigenvalue weighted by atomic mass is 16.4. The van der Waals surface area contributed by atoms with Gasteiger partial charge in [0.25, 0.3) is 5.91 Å². The zero-order valence-electron chi connectivity index (χ0n) is 11.9. The van der Waals surface area contributed by atoms with Crippen molar-refractivity contribution in [2.45, 2.75) is 6.42 Å². The van der Waals surface area contributed by atoms with E-state index in [4.69, 9.17) is 5.73 Å². The van der Waals surface area contributed by atoms with E-state index < -0.39 is 29.6 Å². The summed E-state index contributed by atoms with van der Waals surface area (Å²) in [6.07, 6.45) is 5.76. The van der Waals surface area contributed by atoms with Gasteiger partial charge in [0, 0.05) is 7.05 Å². The number of rotatable bonds is 4. The van der Waals surface area contributed by atoms with Gasteiger partial charge in [0.05, 0.1) is 23.7 Å². The molecule has 2 aliphatic rings. The molecule has 1 heterocycles. The zero-order valence-corrected chi connectivity index (χ0v) is 11.9. The van der Waals surface area contributed by atoms with E-state index in [-0.39, 0.29) is 23.2 Å². The highest BCUT2D eigenvalue weighted by Crippen LogP contribution is 2.48. The molecule has 2 aliphatic carbocycles. The van der Waals surface area contributed by atoms with Gasteiger partial charge in [-0.25, -0.2) is 0 Å². The van der Waals surface area contributed by atoms with Crippen LogP contribution in [-0.2, 0) is 16.6 Å². The summed E-state index contributed by atoms with van der Waals surface area (Å²) >= 11 is 0. The van der Waals surface area contributed by atoms with Crippen LogP contribution in [0.2, 0.25) is 0 Å². The lowest BCUT2D eigenvalue weighted by Gasteiger charge is -2.23. The Morgan fingerprint density at radius 1 is 1.32 bits per heavy atom. The first-order chi connectivity index (χ1) is 10.4. The van der Waals surface area contributed by atoms with Gasteiger partial charge in [0.2, 0.25) is 5.91 Å². The fourth-order valence-electron chi connectivity index (χ4n) is 3.55. The van der Waals surface area contributed by atoms with E-state index in [1.54, 1.807) is 0 Å². The van der Waals surface area contributed by atoms with E-state index in [1.165, 1.54) is 17.9 Å². The number of amides is 2. The van der Waals surface area contributed by atoms with Crippen molar-refractivity contribution in [3.05, 3.63) is 24.0 Å². The average molecular weight is 304 g/mol. The highest BCUT2D eigenvalue weighted by Gasteiger charge is 2.51. The van der Waals surface area contributed by atoms with Crippen LogP contribution in [0.3, 0.4) is 0 Å². The summed E-state index contributed by atoms with van der Waals surface area (Å²) in [7, 11) is 1.54. The Kier molecular flexibility index (Phi) is 3.23. The van der Waals surface area contributed by atoms with Crippen molar-refractivity contribution < 1.29 is 19.5 Å². The van der Waals surface area contributed by atoms with Gasteiger partial charge in [-0.2, -0.15) is 5.10 Å². The van der Waals surface area contributed by atoms with Crippen LogP contribution in [-0.4, -0.2) is 32.7 Å². The van der Waals surface area contributed by atoms with Crippen LogP contribution in [0.5, 0.6) is 0 Å². The largest absolute Gasteiger partial charge is 0.481 e. The summed E-state index contributed by atoms with van der Waals surface area (Å²) in [4.78, 5) is 35.4. The molecule has 4 atom stereocenters. The molecule has 0 spiro atoms. The van der Waals surface area contributed by atoms with Crippen molar-refractivity contribution in [2.75, 3.05) is 5.32 Å². The number of nitrogens with one attached hydrogen (secondary N) is 1. The van der Waals surface area contributed by atoms with Gasteiger partial charge in [-0.15, -0.1) is 0 Å². The first-order valence-corrected chi connectivity index (χ1v) is 6.94. The number of fused-ring (bicyclic) bond motifs is 2. The monoisotopic (exact) mass is 304 g/mol. The average Bonchev–Trinajstić information content (AvgIpc) is 3.12. The maximum atomic E-state index is 12.5. The number of nitrogens with zero attached hydrogens (tertiary/aromatic N) is 2. The minimum atomic E-state index is -0.974. The number of hydrogen-bond donors (Lipinski definition) is 3. The number of primary amides is 1. The van der Waals surface area contributed by atoms with Gasteiger partial charge in [-0.1, -0.05) is 12.2 Å². The fourth-order valence-corrected chi connectivity index (χ4v) is 3.55. The first-order valence-electron chi connectivity index (χ1n) is 6.94. The number of anilines is 1. The number of aryl methyl sites for hydroxylation is 1. The molecule has 0 aliphatic heterocycles. The Balaban J connectivity index is 1.85. The van der Waals surface area contributed by atoms with Gasteiger partial charge >= 0.3 is 5.97 Å². The number of carboxylic acid groups (broad SMARTS) is 1. The zero-order chi connectivity index (χ0) is 16.0. The molecule has 2 amide bonds. The Morgan fingerprint density at radius 2 is 1.95 bits per heavy atom. The second kappa shape index (κ2) is 4.97. The molecule has 116 valence electrons.